The number of ether oxygens (including phenoxy) is 1. The molecule has 0 bridgehead atoms. The zero-order valence-electron chi connectivity index (χ0n) is 16.0. The van der Waals surface area contributed by atoms with E-state index in [1.54, 1.807) is 46.0 Å². The Balaban J connectivity index is 2.10. The quantitative estimate of drug-likeness (QED) is 0.710. The fraction of sp³-hybridized carbons (Fsp3) is 0.611. The molecular weight excluding hydrogens is 411 g/mol. The van der Waals surface area contributed by atoms with Crippen molar-refractivity contribution in [2.75, 3.05) is 20.1 Å². The number of benzene rings is 1. The highest BCUT2D eigenvalue weighted by Crippen LogP contribution is 2.26. The number of hydrogen-bond acceptors (Lipinski definition) is 4. The number of carbonyl (C=O) groups excluding carboxylic acids is 1. The number of sulfonamides is 1. The second kappa shape index (κ2) is 8.55. The fourth-order valence-corrected chi connectivity index (χ4v) is 4.99. The van der Waals surface area contributed by atoms with Crippen molar-refractivity contribution in [3.05, 3.63) is 33.8 Å². The molecule has 0 spiro atoms. The molecule has 1 aromatic rings. The van der Waals surface area contributed by atoms with Crippen LogP contribution in [-0.4, -0.2) is 55.5 Å². The molecule has 1 aliphatic rings. The van der Waals surface area contributed by atoms with E-state index in [9.17, 15) is 13.2 Å². The maximum absolute atomic E-state index is 12.9. The first-order chi connectivity index (χ1) is 12.4. The van der Waals surface area contributed by atoms with Crippen LogP contribution >= 0.6 is 23.2 Å². The molecule has 1 heterocycles. The maximum atomic E-state index is 12.9. The summed E-state index contributed by atoms with van der Waals surface area (Å²) >= 11 is 12.1. The van der Waals surface area contributed by atoms with Gasteiger partial charge in [0, 0.05) is 36.2 Å². The lowest BCUT2D eigenvalue weighted by molar-refractivity contribution is 0.0173. The normalized spacial score (nSPS) is 19.0. The van der Waals surface area contributed by atoms with Gasteiger partial charge in [0.15, 0.2) is 0 Å². The third kappa shape index (κ3) is 6.24. The minimum Gasteiger partial charge on any atom is -0.444 e. The van der Waals surface area contributed by atoms with Crippen LogP contribution in [0.4, 0.5) is 4.79 Å². The van der Waals surface area contributed by atoms with Gasteiger partial charge in [0.1, 0.15) is 5.60 Å². The molecule has 1 saturated heterocycles. The fourth-order valence-electron chi connectivity index (χ4n) is 2.91. The van der Waals surface area contributed by atoms with Gasteiger partial charge in [-0.2, -0.15) is 4.31 Å². The van der Waals surface area contributed by atoms with E-state index in [2.05, 4.69) is 0 Å². The number of carbonyl (C=O) groups is 1. The Hall–Kier alpha value is -1.02. The Morgan fingerprint density at radius 3 is 2.63 bits per heavy atom. The Kier molecular flexibility index (Phi) is 7.06. The standard InChI is InChI=1S/C18H26Cl2N2O4S/c1-18(2,3)26-17(23)21(4)15-6-5-9-22(11-15)27(24,25)12-13-10-14(19)7-8-16(13)20/h7-8,10,15H,5-6,9,11-12H2,1-4H3/t15-/m1/s1. The van der Waals surface area contributed by atoms with Crippen molar-refractivity contribution < 1.29 is 17.9 Å². The second-order valence-electron chi connectivity index (χ2n) is 7.74. The number of amides is 1. The van der Waals surface area contributed by atoms with Crippen molar-refractivity contribution in [1.29, 1.82) is 0 Å². The Morgan fingerprint density at radius 2 is 2.00 bits per heavy atom. The Labute approximate surface area is 171 Å². The zero-order chi connectivity index (χ0) is 20.4. The molecule has 0 saturated carbocycles. The molecule has 6 nitrogen and oxygen atoms in total. The summed E-state index contributed by atoms with van der Waals surface area (Å²) in [6, 6.07) is 4.53. The van der Waals surface area contributed by atoms with Crippen LogP contribution in [0.2, 0.25) is 10.0 Å². The van der Waals surface area contributed by atoms with E-state index >= 15 is 0 Å². The van der Waals surface area contributed by atoms with Gasteiger partial charge in [-0.15, -0.1) is 0 Å². The van der Waals surface area contributed by atoms with Crippen LogP contribution in [0.15, 0.2) is 18.2 Å². The molecule has 1 amide bonds. The van der Waals surface area contributed by atoms with E-state index in [-0.39, 0.29) is 18.3 Å². The summed E-state index contributed by atoms with van der Waals surface area (Å²) in [5, 5.41) is 0.799. The monoisotopic (exact) mass is 436 g/mol. The molecule has 0 radical (unpaired) electrons. The summed E-state index contributed by atoms with van der Waals surface area (Å²) < 4.78 is 32.6. The van der Waals surface area contributed by atoms with E-state index in [1.807, 2.05) is 0 Å². The summed E-state index contributed by atoms with van der Waals surface area (Å²) in [4.78, 5) is 13.8. The molecule has 0 N–H and O–H groups in total. The van der Waals surface area contributed by atoms with E-state index < -0.39 is 21.7 Å². The number of hydrogen-bond donors (Lipinski definition) is 0. The minimum atomic E-state index is -3.59. The van der Waals surface area contributed by atoms with Gasteiger partial charge in [-0.25, -0.2) is 13.2 Å². The summed E-state index contributed by atoms with van der Waals surface area (Å²) in [7, 11) is -1.95. The first-order valence-corrected chi connectivity index (χ1v) is 11.1. The minimum absolute atomic E-state index is 0.227. The number of rotatable bonds is 4. The van der Waals surface area contributed by atoms with Crippen LogP contribution < -0.4 is 0 Å². The van der Waals surface area contributed by atoms with Gasteiger partial charge >= 0.3 is 6.09 Å². The third-order valence-electron chi connectivity index (χ3n) is 4.33. The van der Waals surface area contributed by atoms with Gasteiger partial charge in [-0.1, -0.05) is 23.2 Å². The molecule has 27 heavy (non-hydrogen) atoms. The van der Waals surface area contributed by atoms with E-state index in [4.69, 9.17) is 27.9 Å². The van der Waals surface area contributed by atoms with Gasteiger partial charge < -0.3 is 9.64 Å². The van der Waals surface area contributed by atoms with Crippen LogP contribution in [0.1, 0.15) is 39.2 Å². The van der Waals surface area contributed by atoms with Crippen LogP contribution in [0, 0.1) is 0 Å². The van der Waals surface area contributed by atoms with Gasteiger partial charge in [0.05, 0.1) is 5.75 Å². The topological polar surface area (TPSA) is 66.9 Å². The summed E-state index contributed by atoms with van der Waals surface area (Å²) in [5.41, 5.74) is -0.137. The van der Waals surface area contributed by atoms with Crippen LogP contribution in [0.25, 0.3) is 0 Å². The van der Waals surface area contributed by atoms with E-state index in [1.165, 1.54) is 9.21 Å². The molecular formula is C18H26Cl2N2O4S. The first-order valence-electron chi connectivity index (χ1n) is 8.76. The van der Waals surface area contributed by atoms with Crippen LogP contribution in [-0.2, 0) is 20.5 Å². The lowest BCUT2D eigenvalue weighted by Gasteiger charge is -2.37. The third-order valence-corrected chi connectivity index (χ3v) is 6.73. The molecule has 2 rings (SSSR count). The first kappa shape index (κ1) is 22.3. The number of likely N-dealkylation sites (N-methyl/N-ethyl adjacent to an activating group) is 1. The van der Waals surface area contributed by atoms with Gasteiger partial charge in [-0.05, 0) is 57.4 Å². The van der Waals surface area contributed by atoms with Gasteiger partial charge in [0.25, 0.3) is 0 Å². The maximum Gasteiger partial charge on any atom is 0.410 e. The van der Waals surface area contributed by atoms with Gasteiger partial charge in [0.2, 0.25) is 10.0 Å². The number of nitrogens with zero attached hydrogens (tertiary/aromatic N) is 2. The average Bonchev–Trinajstić information content (AvgIpc) is 2.56. The highest BCUT2D eigenvalue weighted by molar-refractivity contribution is 7.88. The highest BCUT2D eigenvalue weighted by atomic mass is 35.5. The van der Waals surface area contributed by atoms with Crippen molar-refractivity contribution in [3.63, 3.8) is 0 Å². The average molecular weight is 437 g/mol. The zero-order valence-corrected chi connectivity index (χ0v) is 18.4. The number of piperidine rings is 1. The summed E-state index contributed by atoms with van der Waals surface area (Å²) in [6.45, 7) is 6.04. The van der Waals surface area contributed by atoms with Crippen molar-refractivity contribution in [1.82, 2.24) is 9.21 Å². The predicted octanol–water partition coefficient (Wildman–Crippen LogP) is 4.15. The molecule has 1 aliphatic heterocycles. The SMILES string of the molecule is CN(C(=O)OC(C)(C)C)[C@@H]1CCCN(S(=O)(=O)Cc2cc(Cl)ccc2Cl)C1. The molecule has 152 valence electrons. The van der Waals surface area contributed by atoms with Crippen LogP contribution in [0.5, 0.6) is 0 Å². The molecule has 0 unspecified atom stereocenters. The second-order valence-corrected chi connectivity index (χ2v) is 10.5. The van der Waals surface area contributed by atoms with Crippen molar-refractivity contribution in [2.45, 2.75) is 51.0 Å². The van der Waals surface area contributed by atoms with E-state index in [0.29, 0.717) is 28.6 Å². The van der Waals surface area contributed by atoms with Crippen molar-refractivity contribution in [2.24, 2.45) is 0 Å². The van der Waals surface area contributed by atoms with Crippen molar-refractivity contribution in [3.8, 4) is 0 Å². The molecule has 9 heteroatoms. The van der Waals surface area contributed by atoms with E-state index in [0.717, 1.165) is 6.42 Å². The van der Waals surface area contributed by atoms with Crippen molar-refractivity contribution >= 4 is 39.3 Å². The smallest absolute Gasteiger partial charge is 0.410 e. The molecule has 0 aliphatic carbocycles. The predicted molar refractivity (Wildman–Crippen MR) is 108 cm³/mol. The lowest BCUT2D eigenvalue weighted by Crippen LogP contribution is -2.51. The molecule has 1 atom stereocenters. The molecule has 1 fully saturated rings. The Bertz CT molecular complexity index is 793. The molecule has 0 aromatic heterocycles. The summed E-state index contributed by atoms with van der Waals surface area (Å²) in [6.07, 6.45) is 0.935. The lowest BCUT2D eigenvalue weighted by atomic mass is 10.1. The van der Waals surface area contributed by atoms with Crippen LogP contribution in [0.3, 0.4) is 0 Å². The largest absolute Gasteiger partial charge is 0.444 e. The number of halogens is 2. The molecule has 1 aromatic carbocycles. The van der Waals surface area contributed by atoms with Gasteiger partial charge in [-0.3, -0.25) is 0 Å². The Morgan fingerprint density at radius 1 is 1.33 bits per heavy atom. The highest BCUT2D eigenvalue weighted by Gasteiger charge is 2.34. The summed E-state index contributed by atoms with van der Waals surface area (Å²) in [5.74, 6) is -0.227.